The quantitative estimate of drug-likeness (QED) is 0.840. The van der Waals surface area contributed by atoms with Gasteiger partial charge in [-0.15, -0.1) is 0 Å². The minimum atomic E-state index is -0.237. The lowest BCUT2D eigenvalue weighted by Gasteiger charge is -2.17. The van der Waals surface area contributed by atoms with Gasteiger partial charge in [0, 0.05) is 13.6 Å². The molecule has 0 aliphatic heterocycles. The highest BCUT2D eigenvalue weighted by Gasteiger charge is 2.04. The van der Waals surface area contributed by atoms with E-state index in [1.54, 1.807) is 18.3 Å². The summed E-state index contributed by atoms with van der Waals surface area (Å²) in [6.45, 7) is 0.620. The molecular formula is C12H11ClFN3. The highest BCUT2D eigenvalue weighted by Crippen LogP contribution is 2.14. The average molecular weight is 252 g/mol. The van der Waals surface area contributed by atoms with Gasteiger partial charge in [0.05, 0.1) is 12.4 Å². The average Bonchev–Trinajstić information content (AvgIpc) is 2.32. The molecule has 5 heteroatoms. The Morgan fingerprint density at radius 1 is 1.24 bits per heavy atom. The third-order valence-electron chi connectivity index (χ3n) is 2.32. The van der Waals surface area contributed by atoms with Gasteiger partial charge in [-0.2, -0.15) is 0 Å². The van der Waals surface area contributed by atoms with Crippen molar-refractivity contribution >= 4 is 17.4 Å². The van der Waals surface area contributed by atoms with Gasteiger partial charge in [0.2, 0.25) is 0 Å². The van der Waals surface area contributed by atoms with Gasteiger partial charge >= 0.3 is 0 Å². The van der Waals surface area contributed by atoms with Crippen LogP contribution in [0.25, 0.3) is 0 Å². The number of halogens is 2. The molecule has 2 aromatic rings. The Hall–Kier alpha value is -1.68. The lowest BCUT2D eigenvalue weighted by molar-refractivity contribution is 0.627. The Kier molecular flexibility index (Phi) is 3.54. The molecular weight excluding hydrogens is 241 g/mol. The van der Waals surface area contributed by atoms with E-state index in [1.165, 1.54) is 18.3 Å². The first-order valence-corrected chi connectivity index (χ1v) is 5.46. The van der Waals surface area contributed by atoms with Crippen LogP contribution in [-0.4, -0.2) is 17.0 Å². The molecule has 0 aliphatic rings. The van der Waals surface area contributed by atoms with Crippen LogP contribution in [0.1, 0.15) is 5.56 Å². The molecule has 1 heterocycles. The summed E-state index contributed by atoms with van der Waals surface area (Å²) < 4.78 is 12.7. The molecule has 1 aromatic carbocycles. The Bertz CT molecular complexity index is 501. The molecule has 0 amide bonds. The fraction of sp³-hybridized carbons (Fsp3) is 0.167. The summed E-state index contributed by atoms with van der Waals surface area (Å²) in [4.78, 5) is 10.0. The molecule has 0 N–H and O–H groups in total. The van der Waals surface area contributed by atoms with E-state index in [2.05, 4.69) is 9.97 Å². The predicted molar refractivity (Wildman–Crippen MR) is 65.5 cm³/mol. The first kappa shape index (κ1) is 11.8. The van der Waals surface area contributed by atoms with E-state index in [9.17, 15) is 4.39 Å². The van der Waals surface area contributed by atoms with Crippen LogP contribution in [0.3, 0.4) is 0 Å². The van der Waals surface area contributed by atoms with Gasteiger partial charge in [0.25, 0.3) is 0 Å². The maximum Gasteiger partial charge on any atom is 0.149 e. The predicted octanol–water partition coefficient (Wildman–Crippen LogP) is 2.91. The molecule has 0 fully saturated rings. The largest absolute Gasteiger partial charge is 0.354 e. The molecule has 1 aromatic heterocycles. The second-order valence-corrected chi connectivity index (χ2v) is 4.07. The minimum absolute atomic E-state index is 0.237. The molecule has 2 rings (SSSR count). The van der Waals surface area contributed by atoms with Crippen LogP contribution >= 0.6 is 11.6 Å². The van der Waals surface area contributed by atoms with Crippen molar-refractivity contribution < 1.29 is 4.39 Å². The molecule has 0 radical (unpaired) electrons. The van der Waals surface area contributed by atoms with Crippen molar-refractivity contribution in [1.29, 1.82) is 0 Å². The topological polar surface area (TPSA) is 29.0 Å². The van der Waals surface area contributed by atoms with Gasteiger partial charge in [-0.3, -0.25) is 4.98 Å². The van der Waals surface area contributed by atoms with Crippen molar-refractivity contribution in [2.24, 2.45) is 0 Å². The van der Waals surface area contributed by atoms with Crippen LogP contribution < -0.4 is 4.90 Å². The molecule has 88 valence electrons. The van der Waals surface area contributed by atoms with Crippen molar-refractivity contribution in [2.45, 2.75) is 6.54 Å². The maximum absolute atomic E-state index is 12.7. The molecule has 0 spiro atoms. The molecule has 0 saturated carbocycles. The highest BCUT2D eigenvalue weighted by molar-refractivity contribution is 6.29. The van der Waals surface area contributed by atoms with Gasteiger partial charge < -0.3 is 4.90 Å². The summed E-state index contributed by atoms with van der Waals surface area (Å²) in [5.41, 5.74) is 0.996. The molecule has 17 heavy (non-hydrogen) atoms. The zero-order valence-electron chi connectivity index (χ0n) is 9.27. The van der Waals surface area contributed by atoms with Crippen molar-refractivity contribution in [3.8, 4) is 0 Å². The van der Waals surface area contributed by atoms with Crippen LogP contribution in [0.5, 0.6) is 0 Å². The Labute approximate surface area is 104 Å². The normalized spacial score (nSPS) is 10.3. The van der Waals surface area contributed by atoms with E-state index in [0.717, 1.165) is 5.56 Å². The number of benzene rings is 1. The van der Waals surface area contributed by atoms with Crippen molar-refractivity contribution in [2.75, 3.05) is 11.9 Å². The van der Waals surface area contributed by atoms with E-state index in [0.29, 0.717) is 17.5 Å². The highest BCUT2D eigenvalue weighted by atomic mass is 35.5. The Balaban J connectivity index is 2.11. The molecule has 0 unspecified atom stereocenters. The molecule has 0 aliphatic carbocycles. The van der Waals surface area contributed by atoms with Crippen LogP contribution in [0.2, 0.25) is 5.15 Å². The van der Waals surface area contributed by atoms with E-state index < -0.39 is 0 Å². The SMILES string of the molecule is CN(Cc1ccc(F)cc1)c1cncc(Cl)n1. The number of rotatable bonds is 3. The van der Waals surface area contributed by atoms with E-state index in [-0.39, 0.29) is 5.82 Å². The standard InChI is InChI=1S/C12H11ClFN3/c1-17(12-7-15-6-11(13)16-12)8-9-2-4-10(14)5-3-9/h2-7H,8H2,1H3. The molecule has 0 atom stereocenters. The van der Waals surface area contributed by atoms with Crippen molar-refractivity contribution in [3.63, 3.8) is 0 Å². The lowest BCUT2D eigenvalue weighted by atomic mass is 10.2. The number of hydrogen-bond donors (Lipinski definition) is 0. The smallest absolute Gasteiger partial charge is 0.149 e. The monoisotopic (exact) mass is 251 g/mol. The van der Waals surface area contributed by atoms with E-state index in [1.807, 2.05) is 11.9 Å². The second-order valence-electron chi connectivity index (χ2n) is 3.68. The van der Waals surface area contributed by atoms with Crippen LogP contribution in [-0.2, 0) is 6.54 Å². The van der Waals surface area contributed by atoms with Crippen LogP contribution in [0.15, 0.2) is 36.7 Å². The second kappa shape index (κ2) is 5.10. The molecule has 0 saturated heterocycles. The number of nitrogens with zero attached hydrogens (tertiary/aromatic N) is 3. The number of aromatic nitrogens is 2. The van der Waals surface area contributed by atoms with Gasteiger partial charge in [-0.1, -0.05) is 23.7 Å². The van der Waals surface area contributed by atoms with Gasteiger partial charge in [0.15, 0.2) is 0 Å². The van der Waals surface area contributed by atoms with Crippen LogP contribution in [0.4, 0.5) is 10.2 Å². The van der Waals surface area contributed by atoms with E-state index in [4.69, 9.17) is 11.6 Å². The summed E-state index contributed by atoms with van der Waals surface area (Å²) >= 11 is 5.76. The van der Waals surface area contributed by atoms with E-state index >= 15 is 0 Å². The van der Waals surface area contributed by atoms with Crippen LogP contribution in [0, 0.1) is 5.82 Å². The van der Waals surface area contributed by atoms with Gasteiger partial charge in [0.1, 0.15) is 16.8 Å². The molecule has 0 bridgehead atoms. The summed E-state index contributed by atoms with van der Waals surface area (Å²) in [5.74, 6) is 0.445. The van der Waals surface area contributed by atoms with Crippen molar-refractivity contribution in [3.05, 3.63) is 53.2 Å². The fourth-order valence-electron chi connectivity index (χ4n) is 1.46. The zero-order chi connectivity index (χ0) is 12.3. The first-order chi connectivity index (χ1) is 8.15. The van der Waals surface area contributed by atoms with Gasteiger partial charge in [-0.25, -0.2) is 9.37 Å². The fourth-order valence-corrected chi connectivity index (χ4v) is 1.60. The van der Waals surface area contributed by atoms with Crippen molar-refractivity contribution in [1.82, 2.24) is 9.97 Å². The summed E-state index contributed by atoms with van der Waals surface area (Å²) in [7, 11) is 1.88. The maximum atomic E-state index is 12.7. The lowest BCUT2D eigenvalue weighted by Crippen LogP contribution is -2.17. The first-order valence-electron chi connectivity index (χ1n) is 5.08. The minimum Gasteiger partial charge on any atom is -0.354 e. The Morgan fingerprint density at radius 3 is 2.59 bits per heavy atom. The Morgan fingerprint density at radius 2 is 1.94 bits per heavy atom. The summed E-state index contributed by atoms with van der Waals surface area (Å²) in [5, 5.41) is 0.355. The number of hydrogen-bond acceptors (Lipinski definition) is 3. The summed E-state index contributed by atoms with van der Waals surface area (Å²) in [6.07, 6.45) is 3.12. The van der Waals surface area contributed by atoms with Gasteiger partial charge in [-0.05, 0) is 17.7 Å². The third kappa shape index (κ3) is 3.14. The summed E-state index contributed by atoms with van der Waals surface area (Å²) in [6, 6.07) is 6.35. The molecule has 3 nitrogen and oxygen atoms in total. The third-order valence-corrected chi connectivity index (χ3v) is 2.50. The number of anilines is 1. The zero-order valence-corrected chi connectivity index (χ0v) is 10.0.